The standard InChI is InChI=1S/C10H15NO.C4H6O6/c1-8(11-2)10(12)9-6-4-3-5-7-9;5-1(3(7)8)2(6)4(9)10/h3-8,10-12H,1-2H3;1-2,5-6H,(H,7,8)(H,9,10)/t8-,10-;1-,2-/m01/s1. The van der Waals surface area contributed by atoms with Crippen molar-refractivity contribution in [2.24, 2.45) is 0 Å². The van der Waals surface area contributed by atoms with Crippen LogP contribution in [0.3, 0.4) is 0 Å². The zero-order valence-electron chi connectivity index (χ0n) is 12.2. The largest absolute Gasteiger partial charge is 0.479 e. The molecule has 0 amide bonds. The summed E-state index contributed by atoms with van der Waals surface area (Å²) in [7, 11) is 1.84. The molecule has 0 saturated heterocycles. The molecule has 0 aliphatic rings. The molecule has 4 atom stereocenters. The topological polar surface area (TPSA) is 147 Å². The number of hydrogen-bond acceptors (Lipinski definition) is 6. The SMILES string of the molecule is CN[C@@H](C)[C@H](O)c1ccccc1.O=C(O)[C@H](O)[C@@H](O)C(=O)O. The molecule has 8 nitrogen and oxygen atoms in total. The van der Waals surface area contributed by atoms with Crippen molar-refractivity contribution in [2.75, 3.05) is 7.05 Å². The molecule has 22 heavy (non-hydrogen) atoms. The molecule has 0 spiro atoms. The van der Waals surface area contributed by atoms with Crippen LogP contribution < -0.4 is 5.32 Å². The highest BCUT2D eigenvalue weighted by molar-refractivity contribution is 5.83. The normalized spacial score (nSPS) is 15.7. The molecule has 0 fully saturated rings. The van der Waals surface area contributed by atoms with Crippen molar-refractivity contribution in [3.05, 3.63) is 35.9 Å². The van der Waals surface area contributed by atoms with Gasteiger partial charge < -0.3 is 30.8 Å². The van der Waals surface area contributed by atoms with Crippen molar-refractivity contribution in [3.8, 4) is 0 Å². The zero-order valence-corrected chi connectivity index (χ0v) is 12.2. The molecule has 0 bridgehead atoms. The molecule has 1 aromatic carbocycles. The first-order chi connectivity index (χ1) is 10.2. The lowest BCUT2D eigenvalue weighted by Crippen LogP contribution is -2.39. The number of benzene rings is 1. The third-order valence-electron chi connectivity index (χ3n) is 2.88. The molecule has 0 aliphatic heterocycles. The van der Waals surface area contributed by atoms with Gasteiger partial charge in [0.05, 0.1) is 6.10 Å². The summed E-state index contributed by atoms with van der Waals surface area (Å²) >= 11 is 0. The molecule has 8 heteroatoms. The van der Waals surface area contributed by atoms with Crippen LogP contribution in [0.5, 0.6) is 0 Å². The van der Waals surface area contributed by atoms with E-state index in [4.69, 9.17) is 20.4 Å². The molecule has 0 radical (unpaired) electrons. The lowest BCUT2D eigenvalue weighted by Gasteiger charge is -2.17. The van der Waals surface area contributed by atoms with Gasteiger partial charge in [0, 0.05) is 6.04 Å². The minimum atomic E-state index is -2.27. The third kappa shape index (κ3) is 6.64. The van der Waals surface area contributed by atoms with E-state index in [0.717, 1.165) is 5.56 Å². The zero-order chi connectivity index (χ0) is 17.3. The Morgan fingerprint density at radius 3 is 1.68 bits per heavy atom. The maximum Gasteiger partial charge on any atom is 0.335 e. The molecule has 0 aromatic heterocycles. The smallest absolute Gasteiger partial charge is 0.335 e. The minimum Gasteiger partial charge on any atom is -0.479 e. The number of carboxylic acid groups (broad SMARTS) is 2. The van der Waals surface area contributed by atoms with Gasteiger partial charge in [-0.05, 0) is 19.5 Å². The van der Waals surface area contributed by atoms with Crippen molar-refractivity contribution >= 4 is 11.9 Å². The number of nitrogens with one attached hydrogen (secondary N) is 1. The van der Waals surface area contributed by atoms with Crippen LogP contribution >= 0.6 is 0 Å². The average molecular weight is 315 g/mol. The average Bonchev–Trinajstić information content (AvgIpc) is 2.53. The molecule has 0 saturated carbocycles. The number of rotatable bonds is 6. The van der Waals surface area contributed by atoms with Gasteiger partial charge in [-0.25, -0.2) is 9.59 Å². The van der Waals surface area contributed by atoms with E-state index in [-0.39, 0.29) is 6.04 Å². The summed E-state index contributed by atoms with van der Waals surface area (Å²) in [5.41, 5.74) is 0.958. The quantitative estimate of drug-likeness (QED) is 0.400. The highest BCUT2D eigenvalue weighted by Gasteiger charge is 2.29. The molecule has 0 heterocycles. The molecule has 1 rings (SSSR count). The van der Waals surface area contributed by atoms with E-state index < -0.39 is 30.3 Å². The second-order valence-electron chi connectivity index (χ2n) is 4.50. The summed E-state index contributed by atoms with van der Waals surface area (Å²) in [4.78, 5) is 19.5. The Bertz CT molecular complexity index is 448. The maximum atomic E-state index is 9.77. The lowest BCUT2D eigenvalue weighted by atomic mass is 10.0. The maximum absolute atomic E-state index is 9.77. The fourth-order valence-corrected chi connectivity index (χ4v) is 1.37. The van der Waals surface area contributed by atoms with E-state index in [1.807, 2.05) is 44.3 Å². The van der Waals surface area contributed by atoms with Crippen molar-refractivity contribution < 1.29 is 35.1 Å². The van der Waals surface area contributed by atoms with Crippen LogP contribution in [0.25, 0.3) is 0 Å². The Morgan fingerprint density at radius 1 is 0.955 bits per heavy atom. The van der Waals surface area contributed by atoms with Gasteiger partial charge in [0.15, 0.2) is 12.2 Å². The number of likely N-dealkylation sites (N-methyl/N-ethyl adjacent to an activating group) is 1. The Kier molecular flexibility index (Phi) is 8.95. The van der Waals surface area contributed by atoms with E-state index in [2.05, 4.69) is 5.32 Å². The highest BCUT2D eigenvalue weighted by Crippen LogP contribution is 2.15. The monoisotopic (exact) mass is 315 g/mol. The summed E-state index contributed by atoms with van der Waals surface area (Å²) in [6.45, 7) is 1.96. The number of aliphatic hydroxyl groups is 3. The van der Waals surface area contributed by atoms with Crippen LogP contribution in [0.2, 0.25) is 0 Å². The van der Waals surface area contributed by atoms with Gasteiger partial charge in [0.25, 0.3) is 0 Å². The number of aliphatic carboxylic acids is 2. The summed E-state index contributed by atoms with van der Waals surface area (Å²) in [5, 5.41) is 45.3. The predicted octanol–water partition coefficient (Wildman–Crippen LogP) is -0.795. The van der Waals surface area contributed by atoms with Gasteiger partial charge in [0.1, 0.15) is 0 Å². The van der Waals surface area contributed by atoms with E-state index >= 15 is 0 Å². The molecule has 1 aromatic rings. The molecule has 0 aliphatic carbocycles. The van der Waals surface area contributed by atoms with E-state index in [0.29, 0.717) is 0 Å². The fraction of sp³-hybridized carbons (Fsp3) is 0.429. The van der Waals surface area contributed by atoms with Crippen molar-refractivity contribution in [1.82, 2.24) is 5.32 Å². The number of carboxylic acids is 2. The van der Waals surface area contributed by atoms with Crippen LogP contribution in [0.15, 0.2) is 30.3 Å². The summed E-state index contributed by atoms with van der Waals surface area (Å²) in [6, 6.07) is 9.76. The predicted molar refractivity (Wildman–Crippen MR) is 77.2 cm³/mol. The van der Waals surface area contributed by atoms with E-state index in [1.54, 1.807) is 0 Å². The number of carbonyl (C=O) groups is 2. The van der Waals surface area contributed by atoms with Crippen LogP contribution in [-0.2, 0) is 9.59 Å². The summed E-state index contributed by atoms with van der Waals surface area (Å²) < 4.78 is 0. The number of aliphatic hydroxyl groups excluding tert-OH is 3. The highest BCUT2D eigenvalue weighted by atomic mass is 16.4. The van der Waals surface area contributed by atoms with Gasteiger partial charge in [-0.15, -0.1) is 0 Å². The minimum absolute atomic E-state index is 0.0902. The van der Waals surface area contributed by atoms with Crippen LogP contribution in [0.4, 0.5) is 0 Å². The van der Waals surface area contributed by atoms with Gasteiger partial charge >= 0.3 is 11.9 Å². The second kappa shape index (κ2) is 9.85. The first kappa shape index (κ1) is 20.0. The molecule has 6 N–H and O–H groups in total. The first-order valence-corrected chi connectivity index (χ1v) is 6.44. The van der Waals surface area contributed by atoms with Crippen molar-refractivity contribution in [3.63, 3.8) is 0 Å². The summed E-state index contributed by atoms with van der Waals surface area (Å²) in [6.07, 6.45) is -4.95. The van der Waals surface area contributed by atoms with E-state index in [9.17, 15) is 14.7 Å². The van der Waals surface area contributed by atoms with Gasteiger partial charge in [-0.3, -0.25) is 0 Å². The second-order valence-corrected chi connectivity index (χ2v) is 4.50. The van der Waals surface area contributed by atoms with Gasteiger partial charge in [-0.1, -0.05) is 30.3 Å². The van der Waals surface area contributed by atoms with E-state index in [1.165, 1.54) is 0 Å². The third-order valence-corrected chi connectivity index (χ3v) is 2.88. The molecular formula is C14H21NO7. The molecule has 124 valence electrons. The lowest BCUT2D eigenvalue weighted by molar-refractivity contribution is -0.165. The Hall–Kier alpha value is -2.00. The number of hydrogen-bond donors (Lipinski definition) is 6. The fourth-order valence-electron chi connectivity index (χ4n) is 1.37. The van der Waals surface area contributed by atoms with Crippen molar-refractivity contribution in [2.45, 2.75) is 31.3 Å². The van der Waals surface area contributed by atoms with Gasteiger partial charge in [-0.2, -0.15) is 0 Å². The Balaban J connectivity index is 0.000000409. The molecular weight excluding hydrogens is 294 g/mol. The van der Waals surface area contributed by atoms with Crippen molar-refractivity contribution in [1.29, 1.82) is 0 Å². The molecule has 0 unspecified atom stereocenters. The van der Waals surface area contributed by atoms with Crippen LogP contribution in [0.1, 0.15) is 18.6 Å². The first-order valence-electron chi connectivity index (χ1n) is 6.44. The summed E-state index contributed by atoms with van der Waals surface area (Å²) in [5.74, 6) is -3.54. The Labute approximate surface area is 127 Å². The van der Waals surface area contributed by atoms with Crippen LogP contribution in [0, 0.1) is 0 Å². The van der Waals surface area contributed by atoms with Gasteiger partial charge in [0.2, 0.25) is 0 Å². The Morgan fingerprint density at radius 2 is 1.36 bits per heavy atom. The van der Waals surface area contributed by atoms with Crippen LogP contribution in [-0.4, -0.2) is 62.8 Å².